The molecular weight excluding hydrogens is 240 g/mol. The summed E-state index contributed by atoms with van der Waals surface area (Å²) in [5, 5.41) is 8.67. The van der Waals surface area contributed by atoms with Gasteiger partial charge in [0.1, 0.15) is 5.84 Å². The average Bonchev–Trinajstić information content (AvgIpc) is 2.60. The molecule has 3 N–H and O–H groups in total. The van der Waals surface area contributed by atoms with Gasteiger partial charge in [-0.05, 0) is 29.0 Å². The smallest absolute Gasteiger partial charge is 0.133 e. The summed E-state index contributed by atoms with van der Waals surface area (Å²) in [6.07, 6.45) is 0. The van der Waals surface area contributed by atoms with Crippen molar-refractivity contribution in [3.8, 4) is 0 Å². The lowest BCUT2D eigenvalue weighted by Gasteiger charge is -2.05. The predicted octanol–water partition coefficient (Wildman–Crippen LogP) is 3.73. The minimum Gasteiger partial charge on any atom is -0.383 e. The molecule has 1 aromatic carbocycles. The van der Waals surface area contributed by atoms with Crippen LogP contribution in [0.15, 0.2) is 24.3 Å². The molecule has 0 fully saturated rings. The average molecular weight is 255 g/mol. The fraction of sp³-hybridized carbons (Fsp3) is 0.250. The van der Waals surface area contributed by atoms with Crippen molar-refractivity contribution in [1.29, 1.82) is 5.41 Å². The van der Waals surface area contributed by atoms with E-state index in [9.17, 15) is 0 Å². The second kappa shape index (κ2) is 4.85. The van der Waals surface area contributed by atoms with Crippen LogP contribution in [0.2, 0.25) is 0 Å². The second-order valence-electron chi connectivity index (χ2n) is 3.94. The van der Waals surface area contributed by atoms with Crippen LogP contribution < -0.4 is 5.73 Å². The number of benzene rings is 1. The zero-order chi connectivity index (χ0) is 11.0. The normalized spacial score (nSPS) is 10.4. The summed E-state index contributed by atoms with van der Waals surface area (Å²) in [7, 11) is 0. The number of rotatable bonds is 2. The van der Waals surface area contributed by atoms with E-state index in [1.165, 1.54) is 15.6 Å². The number of fused-ring (bicyclic) bond motifs is 1. The summed E-state index contributed by atoms with van der Waals surface area (Å²) in [5.74, 6) is 0.661. The van der Waals surface area contributed by atoms with Crippen LogP contribution in [0, 0.1) is 5.41 Å². The Bertz CT molecular complexity index is 517. The van der Waals surface area contributed by atoms with Crippen molar-refractivity contribution in [1.82, 2.24) is 0 Å². The van der Waals surface area contributed by atoms with E-state index in [0.717, 1.165) is 4.88 Å². The van der Waals surface area contributed by atoms with Gasteiger partial charge in [-0.3, -0.25) is 5.41 Å². The molecule has 0 aliphatic carbocycles. The fourth-order valence-electron chi connectivity index (χ4n) is 1.72. The van der Waals surface area contributed by atoms with Gasteiger partial charge in [0.05, 0.1) is 4.88 Å². The molecule has 1 aromatic heterocycles. The Kier molecular flexibility index (Phi) is 3.94. The summed E-state index contributed by atoms with van der Waals surface area (Å²) < 4.78 is 1.21. The Morgan fingerprint density at radius 2 is 2.06 bits per heavy atom. The number of nitrogens with two attached hydrogens (primary N) is 1. The number of nitrogens with one attached hydrogen (secondary N) is 1. The van der Waals surface area contributed by atoms with Crippen LogP contribution >= 0.6 is 23.7 Å². The first-order valence-electron chi connectivity index (χ1n) is 4.96. The number of hydrogen-bond donors (Lipinski definition) is 2. The molecule has 0 atom stereocenters. The van der Waals surface area contributed by atoms with Crippen molar-refractivity contribution in [2.24, 2.45) is 5.73 Å². The SMILES string of the molecule is CC(C)c1cccc2sc(C(=N)N)cc12.Cl. The second-order valence-corrected chi connectivity index (χ2v) is 5.02. The van der Waals surface area contributed by atoms with Gasteiger partial charge in [0, 0.05) is 4.70 Å². The van der Waals surface area contributed by atoms with Crippen LogP contribution in [-0.2, 0) is 0 Å². The fourth-order valence-corrected chi connectivity index (χ4v) is 2.68. The van der Waals surface area contributed by atoms with E-state index < -0.39 is 0 Å². The number of hydrogen-bond acceptors (Lipinski definition) is 2. The van der Waals surface area contributed by atoms with Crippen molar-refractivity contribution < 1.29 is 0 Å². The van der Waals surface area contributed by atoms with Crippen LogP contribution in [0.4, 0.5) is 0 Å². The summed E-state index contributed by atoms with van der Waals surface area (Å²) in [4.78, 5) is 0.859. The Labute approximate surface area is 105 Å². The van der Waals surface area contributed by atoms with Gasteiger partial charge in [-0.15, -0.1) is 23.7 Å². The Hall–Kier alpha value is -1.06. The van der Waals surface area contributed by atoms with Gasteiger partial charge < -0.3 is 5.73 Å². The van der Waals surface area contributed by atoms with E-state index in [1.54, 1.807) is 11.3 Å². The van der Waals surface area contributed by atoms with Crippen LogP contribution in [0.25, 0.3) is 10.1 Å². The maximum atomic E-state index is 7.43. The van der Waals surface area contributed by atoms with Crippen molar-refractivity contribution in [3.05, 3.63) is 34.7 Å². The third kappa shape index (κ3) is 2.20. The quantitative estimate of drug-likeness (QED) is 0.623. The molecule has 4 heteroatoms. The Morgan fingerprint density at radius 3 is 2.62 bits per heavy atom. The van der Waals surface area contributed by atoms with Gasteiger partial charge >= 0.3 is 0 Å². The van der Waals surface area contributed by atoms with Gasteiger partial charge in [0.25, 0.3) is 0 Å². The molecule has 2 aromatic rings. The molecule has 0 aliphatic rings. The van der Waals surface area contributed by atoms with Crippen molar-refractivity contribution >= 4 is 39.7 Å². The lowest BCUT2D eigenvalue weighted by Crippen LogP contribution is -2.08. The Balaban J connectivity index is 0.00000128. The highest BCUT2D eigenvalue weighted by Gasteiger charge is 2.09. The highest BCUT2D eigenvalue weighted by molar-refractivity contribution is 7.20. The zero-order valence-corrected chi connectivity index (χ0v) is 10.9. The molecule has 0 bridgehead atoms. The molecule has 2 rings (SSSR count). The maximum absolute atomic E-state index is 7.43. The van der Waals surface area contributed by atoms with E-state index >= 15 is 0 Å². The lowest BCUT2D eigenvalue weighted by molar-refractivity contribution is 0.877. The molecule has 0 spiro atoms. The van der Waals surface area contributed by atoms with E-state index in [-0.39, 0.29) is 18.2 Å². The number of amidine groups is 1. The van der Waals surface area contributed by atoms with E-state index in [4.69, 9.17) is 11.1 Å². The van der Waals surface area contributed by atoms with E-state index in [1.807, 2.05) is 6.07 Å². The van der Waals surface area contributed by atoms with Gasteiger partial charge in [0.2, 0.25) is 0 Å². The standard InChI is InChI=1S/C12H14N2S.ClH/c1-7(2)8-4-3-5-10-9(8)6-11(15-10)12(13)14;/h3-7H,1-2H3,(H3,13,14);1H. The first-order valence-corrected chi connectivity index (χ1v) is 5.78. The van der Waals surface area contributed by atoms with Crippen LogP contribution in [-0.4, -0.2) is 5.84 Å². The minimum atomic E-state index is 0. The number of halogens is 1. The van der Waals surface area contributed by atoms with Crippen molar-refractivity contribution in [2.45, 2.75) is 19.8 Å². The van der Waals surface area contributed by atoms with Gasteiger partial charge in [-0.2, -0.15) is 0 Å². The van der Waals surface area contributed by atoms with Crippen LogP contribution in [0.5, 0.6) is 0 Å². The van der Waals surface area contributed by atoms with Crippen molar-refractivity contribution in [2.75, 3.05) is 0 Å². The summed E-state index contributed by atoms with van der Waals surface area (Å²) >= 11 is 1.59. The Morgan fingerprint density at radius 1 is 1.38 bits per heavy atom. The highest BCUT2D eigenvalue weighted by Crippen LogP contribution is 2.31. The molecular formula is C12H15ClN2S. The molecule has 86 valence electrons. The van der Waals surface area contributed by atoms with E-state index in [2.05, 4.69) is 32.0 Å². The van der Waals surface area contributed by atoms with Crippen LogP contribution in [0.3, 0.4) is 0 Å². The van der Waals surface area contributed by atoms with Gasteiger partial charge in [-0.25, -0.2) is 0 Å². The summed E-state index contributed by atoms with van der Waals surface area (Å²) in [6, 6.07) is 8.32. The molecule has 0 aliphatic heterocycles. The van der Waals surface area contributed by atoms with Crippen molar-refractivity contribution in [3.63, 3.8) is 0 Å². The van der Waals surface area contributed by atoms with Crippen LogP contribution in [0.1, 0.15) is 30.2 Å². The monoisotopic (exact) mass is 254 g/mol. The number of thiophene rings is 1. The maximum Gasteiger partial charge on any atom is 0.133 e. The van der Waals surface area contributed by atoms with Gasteiger partial charge in [-0.1, -0.05) is 26.0 Å². The summed E-state index contributed by atoms with van der Waals surface area (Å²) in [6.45, 7) is 4.36. The molecule has 16 heavy (non-hydrogen) atoms. The minimum absolute atomic E-state index is 0. The first-order chi connectivity index (χ1) is 7.09. The predicted molar refractivity (Wildman–Crippen MR) is 74.2 cm³/mol. The molecule has 0 amide bonds. The third-order valence-corrected chi connectivity index (χ3v) is 3.62. The molecule has 1 heterocycles. The largest absolute Gasteiger partial charge is 0.383 e. The molecule has 0 saturated heterocycles. The highest BCUT2D eigenvalue weighted by atomic mass is 35.5. The third-order valence-electron chi connectivity index (χ3n) is 2.48. The lowest BCUT2D eigenvalue weighted by atomic mass is 9.99. The summed E-state index contributed by atoms with van der Waals surface area (Å²) in [5.41, 5.74) is 6.83. The van der Waals surface area contributed by atoms with E-state index in [0.29, 0.717) is 5.92 Å². The number of nitrogen functional groups attached to an aromatic ring is 1. The molecule has 0 radical (unpaired) electrons. The zero-order valence-electron chi connectivity index (χ0n) is 9.28. The molecule has 2 nitrogen and oxygen atoms in total. The molecule has 0 saturated carbocycles. The molecule has 0 unspecified atom stereocenters. The first kappa shape index (κ1) is 13.0. The van der Waals surface area contributed by atoms with Gasteiger partial charge in [0.15, 0.2) is 0 Å². The topological polar surface area (TPSA) is 49.9 Å².